The summed E-state index contributed by atoms with van der Waals surface area (Å²) in [4.78, 5) is 24.4. The van der Waals surface area contributed by atoms with E-state index in [-0.39, 0.29) is 5.75 Å². The normalized spacial score (nSPS) is 10.6. The smallest absolute Gasteiger partial charge is 0.274 e. The monoisotopic (exact) mass is 411 g/mol. The van der Waals surface area contributed by atoms with Gasteiger partial charge in [0, 0.05) is 19.8 Å². The van der Waals surface area contributed by atoms with Gasteiger partial charge in [-0.05, 0) is 24.3 Å². The minimum absolute atomic E-state index is 0.0252. The molecular formula is C20H21N5O3S. The molecule has 0 spiro atoms. The lowest BCUT2D eigenvalue weighted by atomic mass is 10.2. The molecule has 2 heterocycles. The molecule has 9 heteroatoms. The van der Waals surface area contributed by atoms with E-state index in [1.807, 2.05) is 28.8 Å². The van der Waals surface area contributed by atoms with Crippen LogP contribution in [0.2, 0.25) is 0 Å². The van der Waals surface area contributed by atoms with Crippen LogP contribution in [-0.2, 0) is 18.4 Å². The van der Waals surface area contributed by atoms with E-state index < -0.39 is 11.8 Å². The highest BCUT2D eigenvalue weighted by Gasteiger charge is 2.19. The lowest BCUT2D eigenvalue weighted by Gasteiger charge is -2.10. The molecule has 1 N–H and O–H groups in total. The summed E-state index contributed by atoms with van der Waals surface area (Å²) in [7, 11) is 3.34. The van der Waals surface area contributed by atoms with Crippen LogP contribution in [0, 0.1) is 0 Å². The molecule has 0 saturated heterocycles. The number of rotatable bonds is 8. The Labute approximate surface area is 172 Å². The zero-order chi connectivity index (χ0) is 20.8. The maximum absolute atomic E-state index is 12.2. The van der Waals surface area contributed by atoms with Crippen molar-refractivity contribution in [2.75, 3.05) is 12.9 Å². The highest BCUT2D eigenvalue weighted by atomic mass is 32.2. The average Bonchev–Trinajstić information content (AvgIpc) is 3.32. The highest BCUT2D eigenvalue weighted by molar-refractivity contribution is 7.99. The second-order valence-electron chi connectivity index (χ2n) is 6.08. The maximum Gasteiger partial charge on any atom is 0.274 e. The topological polar surface area (TPSA) is 91.0 Å². The Morgan fingerprint density at radius 1 is 1.24 bits per heavy atom. The molecule has 150 valence electrons. The summed E-state index contributed by atoms with van der Waals surface area (Å²) in [5.74, 6) is 0.466. The first-order valence-corrected chi connectivity index (χ1v) is 9.79. The van der Waals surface area contributed by atoms with Crippen LogP contribution in [0.1, 0.15) is 10.5 Å². The van der Waals surface area contributed by atoms with Gasteiger partial charge in [-0.2, -0.15) is 0 Å². The van der Waals surface area contributed by atoms with Crippen LogP contribution in [0.3, 0.4) is 0 Å². The Bertz CT molecular complexity index is 1040. The summed E-state index contributed by atoms with van der Waals surface area (Å²) in [5, 5.41) is 11.4. The van der Waals surface area contributed by atoms with Crippen LogP contribution in [0.4, 0.5) is 0 Å². The third-order valence-electron chi connectivity index (χ3n) is 4.14. The van der Waals surface area contributed by atoms with Gasteiger partial charge in [0.1, 0.15) is 11.4 Å². The van der Waals surface area contributed by atoms with Gasteiger partial charge in [0.2, 0.25) is 5.91 Å². The van der Waals surface area contributed by atoms with Gasteiger partial charge in [-0.15, -0.1) is 16.8 Å². The molecule has 1 aromatic carbocycles. The molecule has 0 saturated carbocycles. The minimum atomic E-state index is -0.439. The largest absolute Gasteiger partial charge is 0.496 e. The third-order valence-corrected chi connectivity index (χ3v) is 5.10. The standard InChI is InChI=1S/C20H21N5O3S/c1-4-11-25-18(14-8-5-6-10-16(14)28-3)22-23-20(25)29-13-17(26)21-19(27)15-9-7-12-24(15)2/h4-10,12H,1,11,13H2,2-3H3,(H,21,26,27). The molecule has 0 radical (unpaired) electrons. The highest BCUT2D eigenvalue weighted by Crippen LogP contribution is 2.30. The van der Waals surface area contributed by atoms with Gasteiger partial charge in [0.05, 0.1) is 18.4 Å². The van der Waals surface area contributed by atoms with E-state index in [9.17, 15) is 9.59 Å². The maximum atomic E-state index is 12.2. The number of para-hydroxylation sites is 1. The predicted octanol–water partition coefficient (Wildman–Crippen LogP) is 2.53. The van der Waals surface area contributed by atoms with Gasteiger partial charge in [-0.1, -0.05) is 30.0 Å². The summed E-state index contributed by atoms with van der Waals surface area (Å²) < 4.78 is 8.91. The van der Waals surface area contributed by atoms with Gasteiger partial charge in [-0.25, -0.2) is 0 Å². The number of benzene rings is 1. The quantitative estimate of drug-likeness (QED) is 0.452. The van der Waals surface area contributed by atoms with Crippen molar-refractivity contribution in [2.45, 2.75) is 11.7 Å². The zero-order valence-electron chi connectivity index (χ0n) is 16.2. The van der Waals surface area contributed by atoms with Gasteiger partial charge < -0.3 is 9.30 Å². The SMILES string of the molecule is C=CCn1c(SCC(=O)NC(=O)c2cccn2C)nnc1-c1ccccc1OC. The Morgan fingerprint density at radius 2 is 2.03 bits per heavy atom. The number of thioether (sulfide) groups is 1. The molecule has 0 fully saturated rings. The number of imide groups is 1. The van der Waals surface area contributed by atoms with E-state index in [1.165, 1.54) is 11.8 Å². The van der Waals surface area contributed by atoms with E-state index in [0.29, 0.717) is 29.0 Å². The second-order valence-corrected chi connectivity index (χ2v) is 7.02. The number of nitrogens with zero attached hydrogens (tertiary/aromatic N) is 4. The van der Waals surface area contributed by atoms with E-state index in [4.69, 9.17) is 4.74 Å². The average molecular weight is 411 g/mol. The number of aryl methyl sites for hydroxylation is 1. The molecule has 0 unspecified atom stereocenters. The predicted molar refractivity (Wildman–Crippen MR) is 111 cm³/mol. The Morgan fingerprint density at radius 3 is 2.72 bits per heavy atom. The van der Waals surface area contributed by atoms with Crippen LogP contribution in [0.25, 0.3) is 11.4 Å². The van der Waals surface area contributed by atoms with E-state index in [2.05, 4.69) is 22.1 Å². The molecule has 0 aliphatic heterocycles. The van der Waals surface area contributed by atoms with E-state index in [0.717, 1.165) is 5.56 Å². The molecule has 0 bridgehead atoms. The van der Waals surface area contributed by atoms with Crippen molar-refractivity contribution in [3.63, 3.8) is 0 Å². The molecule has 0 aliphatic rings. The fourth-order valence-corrected chi connectivity index (χ4v) is 3.52. The molecule has 3 aromatic rings. The number of aromatic nitrogens is 4. The fourth-order valence-electron chi connectivity index (χ4n) is 2.77. The summed E-state index contributed by atoms with van der Waals surface area (Å²) in [6.07, 6.45) is 3.47. The van der Waals surface area contributed by atoms with Gasteiger partial charge in [0.15, 0.2) is 11.0 Å². The number of ether oxygens (including phenoxy) is 1. The van der Waals surface area contributed by atoms with Crippen molar-refractivity contribution < 1.29 is 14.3 Å². The van der Waals surface area contributed by atoms with Crippen molar-refractivity contribution in [1.29, 1.82) is 0 Å². The number of nitrogens with one attached hydrogen (secondary N) is 1. The Balaban J connectivity index is 1.73. The van der Waals surface area contributed by atoms with Crippen molar-refractivity contribution >= 4 is 23.6 Å². The zero-order valence-corrected chi connectivity index (χ0v) is 17.0. The molecule has 3 rings (SSSR count). The van der Waals surface area contributed by atoms with E-state index in [1.54, 1.807) is 43.1 Å². The lowest BCUT2D eigenvalue weighted by molar-refractivity contribution is -0.117. The number of carbonyl (C=O) groups excluding carboxylic acids is 2. The number of carbonyl (C=O) groups is 2. The summed E-state index contributed by atoms with van der Waals surface area (Å²) >= 11 is 1.20. The van der Waals surface area contributed by atoms with Crippen LogP contribution >= 0.6 is 11.8 Å². The molecule has 2 amide bonds. The first-order chi connectivity index (χ1) is 14.0. The number of methoxy groups -OCH3 is 1. The Hall–Kier alpha value is -3.33. The van der Waals surface area contributed by atoms with Crippen LogP contribution in [-0.4, -0.2) is 44.0 Å². The van der Waals surface area contributed by atoms with Crippen LogP contribution in [0.5, 0.6) is 5.75 Å². The molecule has 0 atom stereocenters. The molecule has 2 aromatic heterocycles. The lowest BCUT2D eigenvalue weighted by Crippen LogP contribution is -2.33. The van der Waals surface area contributed by atoms with Crippen molar-refractivity contribution in [3.05, 3.63) is 60.9 Å². The second kappa shape index (κ2) is 9.24. The number of amides is 2. The minimum Gasteiger partial charge on any atom is -0.496 e. The summed E-state index contributed by atoms with van der Waals surface area (Å²) in [6, 6.07) is 10.9. The van der Waals surface area contributed by atoms with Crippen LogP contribution < -0.4 is 10.1 Å². The van der Waals surface area contributed by atoms with Crippen molar-refractivity contribution in [2.24, 2.45) is 7.05 Å². The number of allylic oxidation sites excluding steroid dienone is 1. The third kappa shape index (κ3) is 4.57. The summed E-state index contributed by atoms with van der Waals surface area (Å²) in [5.41, 5.74) is 1.20. The molecule has 8 nitrogen and oxygen atoms in total. The Kier molecular flexibility index (Phi) is 6.50. The van der Waals surface area contributed by atoms with Crippen molar-refractivity contribution in [1.82, 2.24) is 24.6 Å². The van der Waals surface area contributed by atoms with Gasteiger partial charge in [-0.3, -0.25) is 19.5 Å². The van der Waals surface area contributed by atoms with Gasteiger partial charge >= 0.3 is 0 Å². The molecule has 29 heavy (non-hydrogen) atoms. The first kappa shape index (κ1) is 20.4. The number of hydrogen-bond donors (Lipinski definition) is 1. The van der Waals surface area contributed by atoms with Gasteiger partial charge in [0.25, 0.3) is 5.91 Å². The molecule has 0 aliphatic carbocycles. The van der Waals surface area contributed by atoms with Crippen LogP contribution in [0.15, 0.2) is 60.4 Å². The fraction of sp³-hybridized carbons (Fsp3) is 0.200. The number of hydrogen-bond acceptors (Lipinski definition) is 6. The molecular weight excluding hydrogens is 390 g/mol. The van der Waals surface area contributed by atoms with Crippen molar-refractivity contribution in [3.8, 4) is 17.1 Å². The summed E-state index contributed by atoms with van der Waals surface area (Å²) in [6.45, 7) is 4.25. The first-order valence-electron chi connectivity index (χ1n) is 8.81. The van der Waals surface area contributed by atoms with E-state index >= 15 is 0 Å².